The molecule has 2 aromatic rings. The van der Waals surface area contributed by atoms with Crippen LogP contribution >= 0.6 is 0 Å². The summed E-state index contributed by atoms with van der Waals surface area (Å²) in [5.74, 6) is 7.17. The van der Waals surface area contributed by atoms with Crippen molar-refractivity contribution in [1.29, 1.82) is 0 Å². The zero-order valence-electron chi connectivity index (χ0n) is 9.93. The van der Waals surface area contributed by atoms with Gasteiger partial charge in [0, 0.05) is 12.5 Å². The molecular weight excluding hydrogens is 226 g/mol. The molecule has 4 N–H and O–H groups in total. The number of hydrogen-bond acceptors (Lipinski definition) is 5. The largest absolute Gasteiger partial charge is 0.368 e. The van der Waals surface area contributed by atoms with Gasteiger partial charge in [-0.3, -0.25) is 4.98 Å². The Bertz CT molecular complexity index is 555. The van der Waals surface area contributed by atoms with Crippen molar-refractivity contribution in [2.45, 2.75) is 12.3 Å². The smallest absolute Gasteiger partial charge is 0.160 e. The zero-order chi connectivity index (χ0) is 12.4. The number of rotatable bonds is 4. The zero-order valence-corrected chi connectivity index (χ0v) is 9.93. The van der Waals surface area contributed by atoms with E-state index < -0.39 is 0 Å². The molecule has 0 aliphatic heterocycles. The van der Waals surface area contributed by atoms with Crippen LogP contribution in [-0.4, -0.2) is 16.5 Å². The highest BCUT2D eigenvalue weighted by molar-refractivity contribution is 5.44. The first-order chi connectivity index (χ1) is 8.86. The van der Waals surface area contributed by atoms with E-state index in [4.69, 9.17) is 5.84 Å². The number of aromatic nitrogens is 2. The second-order valence-electron chi connectivity index (χ2n) is 4.41. The van der Waals surface area contributed by atoms with Gasteiger partial charge in [0.15, 0.2) is 5.82 Å². The molecule has 1 aromatic heterocycles. The van der Waals surface area contributed by atoms with Gasteiger partial charge in [0.25, 0.3) is 0 Å². The second-order valence-corrected chi connectivity index (χ2v) is 4.41. The van der Waals surface area contributed by atoms with Gasteiger partial charge in [0.1, 0.15) is 5.82 Å². The maximum atomic E-state index is 5.29. The topological polar surface area (TPSA) is 75.9 Å². The van der Waals surface area contributed by atoms with Crippen LogP contribution in [0.2, 0.25) is 0 Å². The predicted octanol–water partition coefficient (Wildman–Crippen LogP) is 1.51. The van der Waals surface area contributed by atoms with Crippen LogP contribution in [-0.2, 0) is 6.42 Å². The summed E-state index contributed by atoms with van der Waals surface area (Å²) >= 11 is 0. The molecule has 0 bridgehead atoms. The van der Waals surface area contributed by atoms with Crippen LogP contribution in [0.15, 0.2) is 36.7 Å². The van der Waals surface area contributed by atoms with E-state index in [1.807, 2.05) is 0 Å². The molecule has 0 amide bonds. The lowest BCUT2D eigenvalue weighted by Crippen LogP contribution is -2.24. The second kappa shape index (κ2) is 4.62. The van der Waals surface area contributed by atoms with Gasteiger partial charge in [-0.1, -0.05) is 24.3 Å². The van der Waals surface area contributed by atoms with Crippen LogP contribution in [0.1, 0.15) is 17.0 Å². The number of hydrogen-bond donors (Lipinski definition) is 3. The Morgan fingerprint density at radius 1 is 1.22 bits per heavy atom. The molecule has 0 saturated carbocycles. The van der Waals surface area contributed by atoms with Crippen LogP contribution in [0.4, 0.5) is 11.6 Å². The Morgan fingerprint density at radius 2 is 2.06 bits per heavy atom. The van der Waals surface area contributed by atoms with E-state index >= 15 is 0 Å². The molecule has 1 aliphatic rings. The molecule has 0 fully saturated rings. The summed E-state index contributed by atoms with van der Waals surface area (Å²) in [7, 11) is 0. The van der Waals surface area contributed by atoms with Crippen molar-refractivity contribution < 1.29 is 0 Å². The molecule has 3 rings (SSSR count). The van der Waals surface area contributed by atoms with Gasteiger partial charge in [-0.25, -0.2) is 10.8 Å². The molecule has 18 heavy (non-hydrogen) atoms. The summed E-state index contributed by atoms with van der Waals surface area (Å²) in [5, 5.41) is 3.29. The van der Waals surface area contributed by atoms with Gasteiger partial charge in [-0.05, 0) is 17.5 Å². The summed E-state index contributed by atoms with van der Waals surface area (Å²) in [6.45, 7) is 0.875. The number of nitrogens with one attached hydrogen (secondary N) is 2. The summed E-state index contributed by atoms with van der Waals surface area (Å²) in [6.07, 6.45) is 4.42. The lowest BCUT2D eigenvalue weighted by atomic mass is 9.78. The average molecular weight is 241 g/mol. The summed E-state index contributed by atoms with van der Waals surface area (Å²) in [4.78, 5) is 8.32. The lowest BCUT2D eigenvalue weighted by Gasteiger charge is -2.30. The number of nitrogens with two attached hydrogens (primary N) is 1. The number of nitrogen functional groups attached to an aromatic ring is 1. The molecule has 0 saturated heterocycles. The highest BCUT2D eigenvalue weighted by Crippen LogP contribution is 2.34. The lowest BCUT2D eigenvalue weighted by molar-refractivity contribution is 0.634. The summed E-state index contributed by atoms with van der Waals surface area (Å²) in [6, 6.07) is 8.55. The first-order valence-electron chi connectivity index (χ1n) is 5.97. The fourth-order valence-corrected chi connectivity index (χ4v) is 2.29. The van der Waals surface area contributed by atoms with Crippen LogP contribution < -0.4 is 16.6 Å². The third kappa shape index (κ3) is 2.00. The molecule has 5 heteroatoms. The van der Waals surface area contributed by atoms with Gasteiger partial charge in [0.2, 0.25) is 0 Å². The molecule has 1 atom stereocenters. The number of hydrazine groups is 1. The van der Waals surface area contributed by atoms with Crippen molar-refractivity contribution in [2.75, 3.05) is 17.3 Å². The van der Waals surface area contributed by atoms with E-state index in [-0.39, 0.29) is 0 Å². The van der Waals surface area contributed by atoms with Gasteiger partial charge in [0.05, 0.1) is 12.4 Å². The van der Waals surface area contributed by atoms with Gasteiger partial charge >= 0.3 is 0 Å². The Hall–Kier alpha value is -2.14. The van der Waals surface area contributed by atoms with Crippen molar-refractivity contribution in [3.8, 4) is 0 Å². The third-order valence-corrected chi connectivity index (χ3v) is 3.27. The van der Waals surface area contributed by atoms with Crippen LogP contribution in [0.3, 0.4) is 0 Å². The van der Waals surface area contributed by atoms with Crippen molar-refractivity contribution in [1.82, 2.24) is 9.97 Å². The minimum Gasteiger partial charge on any atom is -0.368 e. The van der Waals surface area contributed by atoms with E-state index in [1.54, 1.807) is 12.4 Å². The summed E-state index contributed by atoms with van der Waals surface area (Å²) in [5.41, 5.74) is 5.37. The quantitative estimate of drug-likeness (QED) is 0.559. The molecule has 5 nitrogen and oxygen atoms in total. The molecule has 1 aromatic carbocycles. The molecule has 0 radical (unpaired) electrons. The normalized spacial score (nSPS) is 16.6. The maximum absolute atomic E-state index is 5.29. The molecule has 1 aliphatic carbocycles. The molecule has 1 unspecified atom stereocenters. The first kappa shape index (κ1) is 11.0. The fraction of sp³-hybridized carbons (Fsp3) is 0.231. The van der Waals surface area contributed by atoms with Crippen LogP contribution in [0.5, 0.6) is 0 Å². The van der Waals surface area contributed by atoms with Crippen LogP contribution in [0, 0.1) is 0 Å². The Balaban J connectivity index is 1.63. The minimum atomic E-state index is 0.564. The van der Waals surface area contributed by atoms with Gasteiger partial charge in [-0.15, -0.1) is 0 Å². The van der Waals surface area contributed by atoms with Crippen LogP contribution in [0.25, 0.3) is 0 Å². The first-order valence-corrected chi connectivity index (χ1v) is 5.97. The molecular formula is C13H15N5. The van der Waals surface area contributed by atoms with Crippen molar-refractivity contribution in [3.63, 3.8) is 0 Å². The monoisotopic (exact) mass is 241 g/mol. The fourth-order valence-electron chi connectivity index (χ4n) is 2.29. The number of anilines is 2. The predicted molar refractivity (Wildman–Crippen MR) is 71.2 cm³/mol. The highest BCUT2D eigenvalue weighted by atomic mass is 15.3. The number of nitrogens with zero attached hydrogens (tertiary/aromatic N) is 2. The highest BCUT2D eigenvalue weighted by Gasteiger charge is 2.24. The van der Waals surface area contributed by atoms with E-state index in [2.05, 4.69) is 45.0 Å². The molecule has 0 spiro atoms. The Labute approximate surface area is 105 Å². The van der Waals surface area contributed by atoms with E-state index in [0.717, 1.165) is 18.8 Å². The van der Waals surface area contributed by atoms with Crippen molar-refractivity contribution in [3.05, 3.63) is 47.8 Å². The molecule has 92 valence electrons. The van der Waals surface area contributed by atoms with E-state index in [9.17, 15) is 0 Å². The van der Waals surface area contributed by atoms with Gasteiger partial charge < -0.3 is 10.7 Å². The Morgan fingerprint density at radius 3 is 2.89 bits per heavy atom. The molecule has 1 heterocycles. The SMILES string of the molecule is NNc1cncc(NCC2Cc3ccccc32)n1. The van der Waals surface area contributed by atoms with E-state index in [1.165, 1.54) is 11.1 Å². The third-order valence-electron chi connectivity index (χ3n) is 3.27. The standard InChI is InChI=1S/C13H15N5/c14-18-13-8-15-7-12(17-13)16-6-10-5-9-3-1-2-4-11(9)10/h1-4,7-8,10H,5-6,14H2,(H2,16,17,18). The van der Waals surface area contributed by atoms with Crippen molar-refractivity contribution in [2.24, 2.45) is 5.84 Å². The average Bonchev–Trinajstić information content (AvgIpc) is 2.40. The van der Waals surface area contributed by atoms with Crippen molar-refractivity contribution >= 4 is 11.6 Å². The Kier molecular flexibility index (Phi) is 2.82. The van der Waals surface area contributed by atoms with E-state index in [0.29, 0.717) is 11.7 Å². The number of fused-ring (bicyclic) bond motifs is 1. The maximum Gasteiger partial charge on any atom is 0.160 e. The summed E-state index contributed by atoms with van der Waals surface area (Å²) < 4.78 is 0. The minimum absolute atomic E-state index is 0.564. The van der Waals surface area contributed by atoms with Gasteiger partial charge in [-0.2, -0.15) is 0 Å². The number of benzene rings is 1.